The largest absolute Gasteiger partial charge is 0.461 e. The Morgan fingerprint density at radius 1 is 1.10 bits per heavy atom. The summed E-state index contributed by atoms with van der Waals surface area (Å²) in [6, 6.07) is 8.08. The molecule has 146 valence electrons. The zero-order valence-electron chi connectivity index (χ0n) is 15.9. The molecule has 0 aliphatic carbocycles. The summed E-state index contributed by atoms with van der Waals surface area (Å²) in [6.45, 7) is 2.95. The highest BCUT2D eigenvalue weighted by Crippen LogP contribution is 2.24. The van der Waals surface area contributed by atoms with Gasteiger partial charge >= 0.3 is 0 Å². The summed E-state index contributed by atoms with van der Waals surface area (Å²) >= 11 is 0. The average Bonchev–Trinajstić information content (AvgIpc) is 3.48. The maximum absolute atomic E-state index is 5.34. The summed E-state index contributed by atoms with van der Waals surface area (Å²) in [5.41, 5.74) is 2.86. The summed E-state index contributed by atoms with van der Waals surface area (Å²) in [6.07, 6.45) is 13.1. The van der Waals surface area contributed by atoms with E-state index >= 15 is 0 Å². The van der Waals surface area contributed by atoms with E-state index in [4.69, 9.17) is 4.42 Å². The first-order valence-corrected chi connectivity index (χ1v) is 9.74. The van der Waals surface area contributed by atoms with Gasteiger partial charge in [-0.3, -0.25) is 9.88 Å². The van der Waals surface area contributed by atoms with Crippen LogP contribution in [0.2, 0.25) is 0 Å². The molecule has 4 aromatic heterocycles. The molecule has 1 aliphatic heterocycles. The van der Waals surface area contributed by atoms with E-state index < -0.39 is 0 Å². The van der Waals surface area contributed by atoms with E-state index in [0.29, 0.717) is 17.6 Å². The molecule has 1 aliphatic rings. The van der Waals surface area contributed by atoms with E-state index in [0.717, 1.165) is 43.7 Å². The van der Waals surface area contributed by atoms with Crippen molar-refractivity contribution in [2.45, 2.75) is 25.4 Å². The number of hydrogen-bond donors (Lipinski definition) is 0. The highest BCUT2D eigenvalue weighted by atomic mass is 16.3. The van der Waals surface area contributed by atoms with Crippen LogP contribution in [0.15, 0.2) is 65.9 Å². The number of aromatic nitrogens is 6. The second kappa shape index (κ2) is 7.92. The molecule has 8 heteroatoms. The second-order valence-electron chi connectivity index (χ2n) is 7.25. The van der Waals surface area contributed by atoms with Crippen LogP contribution in [0.1, 0.15) is 24.4 Å². The molecule has 0 saturated carbocycles. The minimum absolute atomic E-state index is 0.310. The van der Waals surface area contributed by atoms with E-state index in [9.17, 15) is 0 Å². The van der Waals surface area contributed by atoms with Crippen molar-refractivity contribution >= 4 is 0 Å². The second-order valence-corrected chi connectivity index (χ2v) is 7.25. The summed E-state index contributed by atoms with van der Waals surface area (Å²) in [5.74, 6) is 1.21. The fourth-order valence-corrected chi connectivity index (χ4v) is 3.72. The fraction of sp³-hybridized carbons (Fsp3) is 0.286. The Labute approximate surface area is 168 Å². The van der Waals surface area contributed by atoms with Crippen LogP contribution in [-0.2, 0) is 6.54 Å². The number of pyridine rings is 1. The van der Waals surface area contributed by atoms with Gasteiger partial charge in [0, 0.05) is 43.4 Å². The lowest BCUT2D eigenvalue weighted by molar-refractivity contribution is 0.161. The van der Waals surface area contributed by atoms with Crippen molar-refractivity contribution < 1.29 is 4.42 Å². The Morgan fingerprint density at radius 3 is 2.83 bits per heavy atom. The Hall–Kier alpha value is -3.39. The molecule has 8 nitrogen and oxygen atoms in total. The molecule has 5 rings (SSSR count). The van der Waals surface area contributed by atoms with Crippen LogP contribution in [0.4, 0.5) is 0 Å². The normalized spacial score (nSPS) is 17.4. The van der Waals surface area contributed by atoms with Crippen molar-refractivity contribution in [2.24, 2.45) is 0 Å². The minimum Gasteiger partial charge on any atom is -0.461 e. The topological polar surface area (TPSA) is 85.8 Å². The van der Waals surface area contributed by atoms with Crippen molar-refractivity contribution in [1.82, 2.24) is 34.8 Å². The Bertz CT molecular complexity index is 1040. The Kier molecular flexibility index (Phi) is 4.83. The Morgan fingerprint density at radius 2 is 2.03 bits per heavy atom. The summed E-state index contributed by atoms with van der Waals surface area (Å²) in [5, 5.41) is 8.73. The van der Waals surface area contributed by atoms with Gasteiger partial charge in [-0.15, -0.1) is 5.10 Å². The van der Waals surface area contributed by atoms with Crippen LogP contribution in [0, 0.1) is 0 Å². The summed E-state index contributed by atoms with van der Waals surface area (Å²) in [4.78, 5) is 15.4. The molecule has 0 aromatic carbocycles. The monoisotopic (exact) mass is 387 g/mol. The predicted molar refractivity (Wildman–Crippen MR) is 107 cm³/mol. The molecule has 0 bridgehead atoms. The van der Waals surface area contributed by atoms with Gasteiger partial charge < -0.3 is 4.42 Å². The van der Waals surface area contributed by atoms with E-state index in [-0.39, 0.29) is 0 Å². The maximum atomic E-state index is 5.34. The molecule has 1 saturated heterocycles. The van der Waals surface area contributed by atoms with Gasteiger partial charge in [0.1, 0.15) is 5.69 Å². The molecule has 1 fully saturated rings. The highest BCUT2D eigenvalue weighted by Gasteiger charge is 2.23. The Balaban J connectivity index is 1.28. The van der Waals surface area contributed by atoms with E-state index in [1.165, 1.54) is 5.56 Å². The number of piperidine rings is 1. The van der Waals surface area contributed by atoms with Crippen LogP contribution < -0.4 is 0 Å². The van der Waals surface area contributed by atoms with Gasteiger partial charge in [0.05, 0.1) is 18.5 Å². The quantitative estimate of drug-likeness (QED) is 0.520. The number of hydrogen-bond acceptors (Lipinski definition) is 7. The molecule has 5 heterocycles. The summed E-state index contributed by atoms with van der Waals surface area (Å²) in [7, 11) is 0. The molecule has 0 N–H and O–H groups in total. The molecule has 0 amide bonds. The summed E-state index contributed by atoms with van der Waals surface area (Å²) < 4.78 is 7.31. The van der Waals surface area contributed by atoms with Gasteiger partial charge in [0.2, 0.25) is 0 Å². The number of rotatable bonds is 5. The molecule has 1 atom stereocenters. The number of likely N-dealkylation sites (tertiary alicyclic amines) is 1. The van der Waals surface area contributed by atoms with Gasteiger partial charge in [-0.2, -0.15) is 0 Å². The predicted octanol–water partition coefficient (Wildman–Crippen LogP) is 3.23. The molecule has 0 unspecified atom stereocenters. The van der Waals surface area contributed by atoms with Crippen molar-refractivity contribution in [3.63, 3.8) is 0 Å². The minimum atomic E-state index is 0.310. The van der Waals surface area contributed by atoms with E-state index in [2.05, 4.69) is 36.2 Å². The van der Waals surface area contributed by atoms with Gasteiger partial charge in [-0.25, -0.2) is 14.6 Å². The van der Waals surface area contributed by atoms with Gasteiger partial charge in [0.25, 0.3) is 0 Å². The van der Waals surface area contributed by atoms with Crippen LogP contribution in [0.5, 0.6) is 0 Å². The zero-order chi connectivity index (χ0) is 19.5. The third-order valence-corrected chi connectivity index (χ3v) is 5.18. The number of furan rings is 1. The standard InChI is InChI=1S/C21H21N7O/c1-4-16(10-22-7-1)13-27-8-2-5-18(14-27)28-15-19(25-26-28)17-11-23-21(24-12-17)20-6-3-9-29-20/h1,3-4,6-7,9-12,15,18H,2,5,8,13-14H2/t18-/m0/s1. The van der Waals surface area contributed by atoms with Crippen molar-refractivity contribution in [3.8, 4) is 22.8 Å². The van der Waals surface area contributed by atoms with Gasteiger partial charge in [-0.1, -0.05) is 11.3 Å². The lowest BCUT2D eigenvalue weighted by atomic mass is 10.1. The maximum Gasteiger partial charge on any atom is 0.195 e. The van der Waals surface area contributed by atoms with Crippen LogP contribution >= 0.6 is 0 Å². The van der Waals surface area contributed by atoms with Crippen molar-refractivity contribution in [3.05, 3.63) is 67.1 Å². The van der Waals surface area contributed by atoms with Crippen LogP contribution in [-0.4, -0.2) is 47.9 Å². The molecule has 4 aromatic rings. The van der Waals surface area contributed by atoms with Crippen molar-refractivity contribution in [2.75, 3.05) is 13.1 Å². The molecular weight excluding hydrogens is 366 g/mol. The molecular formula is C21H21N7O. The average molecular weight is 387 g/mol. The zero-order valence-corrected chi connectivity index (χ0v) is 15.9. The first-order chi connectivity index (χ1) is 14.3. The first kappa shape index (κ1) is 17.7. The SMILES string of the molecule is c1cncc(CN2CCC[C@H](n3cc(-c4cnc(-c5ccco5)nc4)nn3)C2)c1. The lowest BCUT2D eigenvalue weighted by Gasteiger charge is -2.32. The third-order valence-electron chi connectivity index (χ3n) is 5.18. The van der Waals surface area contributed by atoms with Crippen LogP contribution in [0.25, 0.3) is 22.8 Å². The van der Waals surface area contributed by atoms with Crippen LogP contribution in [0.3, 0.4) is 0 Å². The third kappa shape index (κ3) is 3.93. The fourth-order valence-electron chi connectivity index (χ4n) is 3.72. The lowest BCUT2D eigenvalue weighted by Crippen LogP contribution is -2.36. The van der Waals surface area contributed by atoms with E-state index in [1.807, 2.05) is 41.5 Å². The smallest absolute Gasteiger partial charge is 0.195 e. The molecule has 0 spiro atoms. The molecule has 0 radical (unpaired) electrons. The van der Waals surface area contributed by atoms with Gasteiger partial charge in [0.15, 0.2) is 11.6 Å². The number of nitrogens with zero attached hydrogens (tertiary/aromatic N) is 7. The van der Waals surface area contributed by atoms with Crippen molar-refractivity contribution in [1.29, 1.82) is 0 Å². The van der Waals surface area contributed by atoms with E-state index in [1.54, 1.807) is 18.7 Å². The highest BCUT2D eigenvalue weighted by molar-refractivity contribution is 5.57. The van der Waals surface area contributed by atoms with Gasteiger partial charge in [-0.05, 0) is 43.1 Å². The first-order valence-electron chi connectivity index (χ1n) is 9.74. The molecule has 29 heavy (non-hydrogen) atoms.